The van der Waals surface area contributed by atoms with Crippen molar-refractivity contribution in [1.82, 2.24) is 4.98 Å². The number of rotatable bonds is 1. The molecule has 0 spiro atoms. The van der Waals surface area contributed by atoms with E-state index in [0.717, 1.165) is 19.4 Å². The second kappa shape index (κ2) is 3.88. The van der Waals surface area contributed by atoms with Crippen LogP contribution in [0.15, 0.2) is 12.3 Å². The third kappa shape index (κ3) is 2.45. The molecule has 0 fully saturated rings. The van der Waals surface area contributed by atoms with Gasteiger partial charge in [-0.05, 0) is 13.0 Å². The first-order valence-corrected chi connectivity index (χ1v) is 3.98. The lowest BCUT2D eigenvalue weighted by Crippen LogP contribution is -2.15. The number of nitrogens with zero attached hydrogens (tertiary/aromatic N) is 1. The van der Waals surface area contributed by atoms with Crippen LogP contribution in [0.5, 0.6) is 0 Å². The number of esters is 1. The van der Waals surface area contributed by atoms with E-state index in [1.165, 1.54) is 6.92 Å². The second-order valence-electron chi connectivity index (χ2n) is 2.86. The Morgan fingerprint density at radius 1 is 1.47 bits per heavy atom. The summed E-state index contributed by atoms with van der Waals surface area (Å²) in [5.41, 5.74) is -1.41. The van der Waals surface area contributed by atoms with Crippen LogP contribution in [-0.2, 0) is 10.9 Å². The molecule has 0 bridgehead atoms. The first-order chi connectivity index (χ1) is 6.86. The van der Waals surface area contributed by atoms with Gasteiger partial charge < -0.3 is 4.74 Å². The molecule has 15 heavy (non-hydrogen) atoms. The first kappa shape index (κ1) is 11.5. The van der Waals surface area contributed by atoms with E-state index < -0.39 is 23.3 Å². The molecular weight excluding hydrogens is 211 g/mol. The normalized spacial score (nSPS) is 11.3. The lowest BCUT2D eigenvalue weighted by atomic mass is 10.1. The summed E-state index contributed by atoms with van der Waals surface area (Å²) in [6, 6.07) is 0.812. The molecule has 0 atom stereocenters. The number of hydrogen-bond donors (Lipinski definition) is 0. The standard InChI is InChI=1S/C9H8F3NO2/c1-5-3-7(9(10,11)12)6(4-13-5)8(14)15-2/h3-4H,1-2H3. The van der Waals surface area contributed by atoms with Crippen LogP contribution in [0.3, 0.4) is 0 Å². The fourth-order valence-corrected chi connectivity index (χ4v) is 1.07. The number of methoxy groups -OCH3 is 1. The summed E-state index contributed by atoms with van der Waals surface area (Å²) in [4.78, 5) is 14.7. The van der Waals surface area contributed by atoms with Crippen molar-refractivity contribution in [2.24, 2.45) is 0 Å². The van der Waals surface area contributed by atoms with Gasteiger partial charge in [0.2, 0.25) is 0 Å². The number of aromatic nitrogens is 1. The van der Waals surface area contributed by atoms with E-state index >= 15 is 0 Å². The van der Waals surface area contributed by atoms with Gasteiger partial charge in [0.15, 0.2) is 0 Å². The van der Waals surface area contributed by atoms with E-state index in [4.69, 9.17) is 0 Å². The molecule has 0 aliphatic heterocycles. The molecule has 0 aliphatic carbocycles. The summed E-state index contributed by atoms with van der Waals surface area (Å²) in [6.45, 7) is 1.41. The molecule has 0 saturated carbocycles. The van der Waals surface area contributed by atoms with Gasteiger partial charge in [-0.1, -0.05) is 0 Å². The van der Waals surface area contributed by atoms with Crippen molar-refractivity contribution in [2.75, 3.05) is 7.11 Å². The molecule has 1 aromatic heterocycles. The van der Waals surface area contributed by atoms with Crippen molar-refractivity contribution in [3.8, 4) is 0 Å². The highest BCUT2D eigenvalue weighted by molar-refractivity contribution is 5.90. The number of carbonyl (C=O) groups is 1. The molecule has 0 aliphatic rings. The minimum atomic E-state index is -4.59. The van der Waals surface area contributed by atoms with Crippen molar-refractivity contribution >= 4 is 5.97 Å². The van der Waals surface area contributed by atoms with E-state index in [0.29, 0.717) is 0 Å². The summed E-state index contributed by atoms with van der Waals surface area (Å²) in [7, 11) is 1.02. The molecule has 0 radical (unpaired) electrons. The van der Waals surface area contributed by atoms with Crippen LogP contribution in [0.1, 0.15) is 21.6 Å². The van der Waals surface area contributed by atoms with E-state index in [-0.39, 0.29) is 5.69 Å². The molecular formula is C9H8F3NO2. The summed E-state index contributed by atoms with van der Waals surface area (Å²) >= 11 is 0. The third-order valence-corrected chi connectivity index (χ3v) is 1.75. The number of ether oxygens (including phenoxy) is 1. The Labute approximate surface area is 83.9 Å². The molecule has 1 aromatic rings. The average molecular weight is 219 g/mol. The first-order valence-electron chi connectivity index (χ1n) is 3.98. The van der Waals surface area contributed by atoms with Crippen LogP contribution in [0.2, 0.25) is 0 Å². The van der Waals surface area contributed by atoms with Gasteiger partial charge in [0.05, 0.1) is 18.2 Å². The number of hydrogen-bond acceptors (Lipinski definition) is 3. The van der Waals surface area contributed by atoms with Gasteiger partial charge in [-0.25, -0.2) is 4.79 Å². The zero-order valence-electron chi connectivity index (χ0n) is 8.05. The maximum Gasteiger partial charge on any atom is 0.417 e. The molecule has 0 aromatic carbocycles. The monoisotopic (exact) mass is 219 g/mol. The van der Waals surface area contributed by atoms with Crippen LogP contribution in [0, 0.1) is 6.92 Å². The van der Waals surface area contributed by atoms with Gasteiger partial charge in [-0.15, -0.1) is 0 Å². The van der Waals surface area contributed by atoms with Crippen LogP contribution < -0.4 is 0 Å². The molecule has 6 heteroatoms. The van der Waals surface area contributed by atoms with Crippen molar-refractivity contribution in [2.45, 2.75) is 13.1 Å². The zero-order valence-corrected chi connectivity index (χ0v) is 8.05. The van der Waals surface area contributed by atoms with E-state index in [2.05, 4.69) is 9.72 Å². The quantitative estimate of drug-likeness (QED) is 0.679. The van der Waals surface area contributed by atoms with Crippen LogP contribution >= 0.6 is 0 Å². The molecule has 0 saturated heterocycles. The minimum absolute atomic E-state index is 0.190. The summed E-state index contributed by atoms with van der Waals surface area (Å²) in [5, 5.41) is 0. The Morgan fingerprint density at radius 3 is 2.53 bits per heavy atom. The number of alkyl halides is 3. The Morgan fingerprint density at radius 2 is 2.07 bits per heavy atom. The maximum atomic E-state index is 12.5. The topological polar surface area (TPSA) is 39.2 Å². The number of aryl methyl sites for hydroxylation is 1. The fourth-order valence-electron chi connectivity index (χ4n) is 1.07. The third-order valence-electron chi connectivity index (χ3n) is 1.75. The predicted molar refractivity (Wildman–Crippen MR) is 45.3 cm³/mol. The fraction of sp³-hybridized carbons (Fsp3) is 0.333. The Hall–Kier alpha value is -1.59. The molecule has 0 amide bonds. The van der Waals surface area contributed by atoms with Gasteiger partial charge >= 0.3 is 12.1 Å². The van der Waals surface area contributed by atoms with Crippen LogP contribution in [-0.4, -0.2) is 18.1 Å². The minimum Gasteiger partial charge on any atom is -0.465 e. The molecule has 0 N–H and O–H groups in total. The summed E-state index contributed by atoms with van der Waals surface area (Å²) < 4.78 is 41.7. The summed E-state index contributed by atoms with van der Waals surface area (Å²) in [5.74, 6) is -1.05. The number of carbonyl (C=O) groups excluding carboxylic acids is 1. The van der Waals surface area contributed by atoms with Crippen LogP contribution in [0.4, 0.5) is 13.2 Å². The van der Waals surface area contributed by atoms with Gasteiger partial charge in [0, 0.05) is 11.9 Å². The zero-order chi connectivity index (χ0) is 11.6. The number of halogens is 3. The highest BCUT2D eigenvalue weighted by Crippen LogP contribution is 2.32. The summed E-state index contributed by atoms with van der Waals surface area (Å²) in [6.07, 6.45) is -3.72. The van der Waals surface area contributed by atoms with Gasteiger partial charge in [0.25, 0.3) is 0 Å². The molecule has 82 valence electrons. The Balaban J connectivity index is 3.33. The number of pyridine rings is 1. The highest BCUT2D eigenvalue weighted by atomic mass is 19.4. The van der Waals surface area contributed by atoms with Crippen molar-refractivity contribution in [3.63, 3.8) is 0 Å². The van der Waals surface area contributed by atoms with Crippen molar-refractivity contribution in [3.05, 3.63) is 29.1 Å². The maximum absolute atomic E-state index is 12.5. The van der Waals surface area contributed by atoms with Gasteiger partial charge in [0.1, 0.15) is 0 Å². The second-order valence-corrected chi connectivity index (χ2v) is 2.86. The van der Waals surface area contributed by atoms with Crippen LogP contribution in [0.25, 0.3) is 0 Å². The van der Waals surface area contributed by atoms with Crippen molar-refractivity contribution < 1.29 is 22.7 Å². The average Bonchev–Trinajstić information content (AvgIpc) is 2.15. The van der Waals surface area contributed by atoms with E-state index in [9.17, 15) is 18.0 Å². The molecule has 3 nitrogen and oxygen atoms in total. The Kier molecular flexibility index (Phi) is 2.97. The van der Waals surface area contributed by atoms with E-state index in [1.807, 2.05) is 0 Å². The molecule has 1 heterocycles. The van der Waals surface area contributed by atoms with E-state index in [1.54, 1.807) is 0 Å². The molecule has 0 unspecified atom stereocenters. The van der Waals surface area contributed by atoms with Crippen molar-refractivity contribution in [1.29, 1.82) is 0 Å². The largest absolute Gasteiger partial charge is 0.465 e. The van der Waals surface area contributed by atoms with Gasteiger partial charge in [-0.2, -0.15) is 13.2 Å². The molecule has 1 rings (SSSR count). The predicted octanol–water partition coefficient (Wildman–Crippen LogP) is 2.20. The highest BCUT2D eigenvalue weighted by Gasteiger charge is 2.35. The lowest BCUT2D eigenvalue weighted by Gasteiger charge is -2.11. The Bertz CT molecular complexity index is 387. The SMILES string of the molecule is COC(=O)c1cnc(C)cc1C(F)(F)F. The van der Waals surface area contributed by atoms with Gasteiger partial charge in [-0.3, -0.25) is 4.98 Å². The lowest BCUT2D eigenvalue weighted by molar-refractivity contribution is -0.138. The smallest absolute Gasteiger partial charge is 0.417 e.